The van der Waals surface area contributed by atoms with Crippen LogP contribution in [0.15, 0.2) is 24.3 Å². The van der Waals surface area contributed by atoms with E-state index in [9.17, 15) is 10.2 Å². The predicted octanol–water partition coefficient (Wildman–Crippen LogP) is 3.71. The Morgan fingerprint density at radius 3 is 3.05 bits per heavy atom. The second kappa shape index (κ2) is 3.62. The van der Waals surface area contributed by atoms with Crippen LogP contribution in [0.2, 0.25) is 0 Å². The first-order valence-electron chi connectivity index (χ1n) is 6.73. The van der Waals surface area contributed by atoms with E-state index in [4.69, 9.17) is 0 Å². The van der Waals surface area contributed by atoms with Gasteiger partial charge in [0.1, 0.15) is 5.75 Å². The number of aromatic hydroxyl groups is 1. The molecule has 0 saturated heterocycles. The van der Waals surface area contributed by atoms with Crippen molar-refractivity contribution in [2.45, 2.75) is 32.3 Å². The normalized spacial score (nSPS) is 29.2. The fourth-order valence-electron chi connectivity index (χ4n) is 3.54. The van der Waals surface area contributed by atoms with Gasteiger partial charge in [-0.3, -0.25) is 0 Å². The number of phenolic OH excluding ortho intramolecular Hbond substituents is 1. The summed E-state index contributed by atoms with van der Waals surface area (Å²) in [6.07, 6.45) is 4.77. The molecule has 0 fully saturated rings. The van der Waals surface area contributed by atoms with Crippen LogP contribution < -0.4 is 0 Å². The van der Waals surface area contributed by atoms with Gasteiger partial charge in [-0.05, 0) is 54.0 Å². The van der Waals surface area contributed by atoms with Crippen LogP contribution >= 0.6 is 11.3 Å². The van der Waals surface area contributed by atoms with Crippen LogP contribution in [0.5, 0.6) is 5.75 Å². The van der Waals surface area contributed by atoms with Gasteiger partial charge >= 0.3 is 0 Å². The zero-order valence-electron chi connectivity index (χ0n) is 10.8. The molecule has 0 spiro atoms. The van der Waals surface area contributed by atoms with Gasteiger partial charge in [-0.15, -0.1) is 11.3 Å². The molecule has 0 radical (unpaired) electrons. The highest BCUT2D eigenvalue weighted by Gasteiger charge is 2.44. The number of benzene rings is 1. The number of hydrogen-bond acceptors (Lipinski definition) is 3. The minimum atomic E-state index is -0.241. The summed E-state index contributed by atoms with van der Waals surface area (Å²) in [4.78, 5) is 1.32. The summed E-state index contributed by atoms with van der Waals surface area (Å²) in [6, 6.07) is 5.64. The van der Waals surface area contributed by atoms with E-state index in [1.807, 2.05) is 12.1 Å². The first kappa shape index (κ1) is 11.5. The molecule has 0 aliphatic heterocycles. The SMILES string of the molecule is C[C@@]12CCc3c(sc4cc(O)ccc34)C1=CC[C@@H]2O. The lowest BCUT2D eigenvalue weighted by Gasteiger charge is -2.35. The molecule has 1 aromatic carbocycles. The lowest BCUT2D eigenvalue weighted by molar-refractivity contribution is 0.0830. The molecule has 3 heteroatoms. The number of aliphatic hydroxyl groups excluding tert-OH is 1. The number of thiophene rings is 1. The molecule has 2 N–H and O–H groups in total. The second-order valence-electron chi connectivity index (χ2n) is 5.88. The van der Waals surface area contributed by atoms with Crippen molar-refractivity contribution in [2.75, 3.05) is 0 Å². The van der Waals surface area contributed by atoms with Crippen molar-refractivity contribution in [3.8, 4) is 5.75 Å². The van der Waals surface area contributed by atoms with Gasteiger partial charge in [-0.2, -0.15) is 0 Å². The number of phenols is 1. The van der Waals surface area contributed by atoms with Crippen molar-refractivity contribution >= 4 is 27.0 Å². The van der Waals surface area contributed by atoms with Gasteiger partial charge in [0.05, 0.1) is 6.10 Å². The molecule has 19 heavy (non-hydrogen) atoms. The minimum Gasteiger partial charge on any atom is -0.508 e. The minimum absolute atomic E-state index is 0.0735. The van der Waals surface area contributed by atoms with E-state index in [1.54, 1.807) is 17.4 Å². The van der Waals surface area contributed by atoms with E-state index >= 15 is 0 Å². The number of rotatable bonds is 0. The summed E-state index contributed by atoms with van der Waals surface area (Å²) in [7, 11) is 0. The summed E-state index contributed by atoms with van der Waals surface area (Å²) in [6.45, 7) is 2.18. The largest absolute Gasteiger partial charge is 0.508 e. The second-order valence-corrected chi connectivity index (χ2v) is 6.93. The van der Waals surface area contributed by atoms with E-state index < -0.39 is 0 Å². The molecule has 2 nitrogen and oxygen atoms in total. The maximum Gasteiger partial charge on any atom is 0.117 e. The molecule has 2 aliphatic rings. The monoisotopic (exact) mass is 272 g/mol. The van der Waals surface area contributed by atoms with Gasteiger partial charge in [-0.25, -0.2) is 0 Å². The van der Waals surface area contributed by atoms with E-state index in [0.29, 0.717) is 5.75 Å². The summed E-state index contributed by atoms with van der Waals surface area (Å²) < 4.78 is 1.15. The highest BCUT2D eigenvalue weighted by atomic mass is 32.1. The molecule has 2 aromatic rings. The maximum atomic E-state index is 10.2. The number of aliphatic hydroxyl groups is 1. The van der Waals surface area contributed by atoms with Crippen LogP contribution in [0.4, 0.5) is 0 Å². The van der Waals surface area contributed by atoms with Gasteiger partial charge in [0.25, 0.3) is 0 Å². The van der Waals surface area contributed by atoms with Crippen molar-refractivity contribution in [1.29, 1.82) is 0 Å². The van der Waals surface area contributed by atoms with Gasteiger partial charge in [0, 0.05) is 15.0 Å². The van der Waals surface area contributed by atoms with E-state index in [2.05, 4.69) is 13.0 Å². The highest BCUT2D eigenvalue weighted by molar-refractivity contribution is 7.20. The lowest BCUT2D eigenvalue weighted by atomic mass is 9.71. The summed E-state index contributed by atoms with van der Waals surface area (Å²) in [5, 5.41) is 21.1. The Morgan fingerprint density at radius 1 is 1.37 bits per heavy atom. The Hall–Kier alpha value is -1.32. The predicted molar refractivity (Wildman–Crippen MR) is 78.5 cm³/mol. The van der Waals surface area contributed by atoms with Crippen LogP contribution in [0.1, 0.15) is 30.2 Å². The van der Waals surface area contributed by atoms with E-state index in [-0.39, 0.29) is 11.5 Å². The van der Waals surface area contributed by atoms with Crippen molar-refractivity contribution in [1.82, 2.24) is 0 Å². The Bertz CT molecular complexity index is 713. The van der Waals surface area contributed by atoms with Gasteiger partial charge in [-0.1, -0.05) is 13.0 Å². The first-order chi connectivity index (χ1) is 9.09. The zero-order chi connectivity index (χ0) is 13.2. The fraction of sp³-hybridized carbons (Fsp3) is 0.375. The van der Waals surface area contributed by atoms with Gasteiger partial charge in [0.15, 0.2) is 0 Å². The van der Waals surface area contributed by atoms with Crippen molar-refractivity contribution in [2.24, 2.45) is 5.41 Å². The van der Waals surface area contributed by atoms with Crippen LogP contribution in [-0.2, 0) is 6.42 Å². The topological polar surface area (TPSA) is 40.5 Å². The molecule has 0 bridgehead atoms. The van der Waals surface area contributed by atoms with E-state index in [0.717, 1.165) is 24.0 Å². The Balaban J connectivity index is 1.98. The molecule has 0 amide bonds. The van der Waals surface area contributed by atoms with Crippen molar-refractivity contribution < 1.29 is 10.2 Å². The third-order valence-corrected chi connectivity index (χ3v) is 6.04. The van der Waals surface area contributed by atoms with Crippen molar-refractivity contribution in [3.63, 3.8) is 0 Å². The molecule has 0 saturated carbocycles. The third kappa shape index (κ3) is 1.40. The van der Waals surface area contributed by atoms with Crippen LogP contribution in [0, 0.1) is 5.41 Å². The molecule has 98 valence electrons. The molecule has 4 rings (SSSR count). The molecule has 2 atom stereocenters. The van der Waals surface area contributed by atoms with Crippen LogP contribution in [-0.4, -0.2) is 16.3 Å². The quantitative estimate of drug-likeness (QED) is 0.767. The molecule has 1 aromatic heterocycles. The Labute approximate surface area is 116 Å². The highest BCUT2D eigenvalue weighted by Crippen LogP contribution is 2.55. The third-order valence-electron chi connectivity index (χ3n) is 4.81. The summed E-state index contributed by atoms with van der Waals surface area (Å²) in [5.41, 5.74) is 2.65. The molecule has 0 unspecified atom stereocenters. The number of hydrogen-bond donors (Lipinski definition) is 2. The first-order valence-corrected chi connectivity index (χ1v) is 7.55. The fourth-order valence-corrected chi connectivity index (χ4v) is 5.01. The van der Waals surface area contributed by atoms with E-state index in [1.165, 1.54) is 21.4 Å². The average molecular weight is 272 g/mol. The Morgan fingerprint density at radius 2 is 2.21 bits per heavy atom. The van der Waals surface area contributed by atoms with Gasteiger partial charge in [0.2, 0.25) is 0 Å². The van der Waals surface area contributed by atoms with Crippen LogP contribution in [0.3, 0.4) is 0 Å². The Kier molecular flexibility index (Phi) is 2.19. The summed E-state index contributed by atoms with van der Waals surface area (Å²) >= 11 is 1.75. The summed E-state index contributed by atoms with van der Waals surface area (Å²) in [5.74, 6) is 0.328. The molecule has 2 aliphatic carbocycles. The smallest absolute Gasteiger partial charge is 0.117 e. The molecular formula is C16H16O2S. The molecular weight excluding hydrogens is 256 g/mol. The molecule has 1 heterocycles. The number of fused-ring (bicyclic) bond motifs is 5. The maximum absolute atomic E-state index is 10.2. The average Bonchev–Trinajstić information content (AvgIpc) is 2.87. The zero-order valence-corrected chi connectivity index (χ0v) is 11.6. The van der Waals surface area contributed by atoms with Crippen molar-refractivity contribution in [3.05, 3.63) is 34.7 Å². The van der Waals surface area contributed by atoms with Crippen LogP contribution in [0.25, 0.3) is 15.7 Å². The lowest BCUT2D eigenvalue weighted by Crippen LogP contribution is -2.32. The standard InChI is InChI=1S/C16H16O2S/c1-16-7-6-11-10-3-2-9(17)8-13(10)19-15(11)12(16)4-5-14(16)18/h2-4,8,14,17-18H,5-7H2,1H3/t14-,16+/m0/s1. The number of aryl methyl sites for hydroxylation is 1. The van der Waals surface area contributed by atoms with Gasteiger partial charge < -0.3 is 10.2 Å².